The largest absolute Gasteiger partial charge is 0.501 e. The first-order valence-electron chi connectivity index (χ1n) is 7.96. The Hall–Kier alpha value is -1.89. The monoisotopic (exact) mass is 371 g/mol. The van der Waals surface area contributed by atoms with E-state index < -0.39 is 11.7 Å². The minimum absolute atomic E-state index is 0.267. The van der Waals surface area contributed by atoms with Gasteiger partial charge in [0.15, 0.2) is 5.78 Å². The first-order valence-corrected chi connectivity index (χ1v) is 9.11. The Labute approximate surface area is 149 Å². The lowest BCUT2D eigenvalue weighted by molar-refractivity contribution is -0.137. The van der Waals surface area contributed by atoms with Crippen LogP contribution in [-0.2, 0) is 15.7 Å². The summed E-state index contributed by atoms with van der Waals surface area (Å²) in [6, 6.07) is 4.87. The Kier molecular flexibility index (Phi) is 6.58. The third kappa shape index (κ3) is 4.81. The molecule has 0 saturated carbocycles. The van der Waals surface area contributed by atoms with Gasteiger partial charge in [-0.1, -0.05) is 19.1 Å². The molecule has 0 unspecified atom stereocenters. The van der Waals surface area contributed by atoms with Crippen molar-refractivity contribution in [2.45, 2.75) is 26.4 Å². The number of ketones is 1. The van der Waals surface area contributed by atoms with E-state index in [1.807, 2.05) is 6.92 Å². The maximum Gasteiger partial charge on any atom is 0.416 e. The predicted molar refractivity (Wildman–Crippen MR) is 93.8 cm³/mol. The van der Waals surface area contributed by atoms with Gasteiger partial charge in [-0.15, -0.1) is 11.8 Å². The Morgan fingerprint density at radius 3 is 2.72 bits per heavy atom. The molecule has 2 rings (SSSR count). The number of benzene rings is 1. The first kappa shape index (κ1) is 19.4. The van der Waals surface area contributed by atoms with Crippen LogP contribution in [0.15, 0.2) is 41.8 Å². The molecule has 136 valence electrons. The summed E-state index contributed by atoms with van der Waals surface area (Å²) in [4.78, 5) is 12.7. The molecule has 1 aliphatic rings. The quantitative estimate of drug-likeness (QED) is 0.329. The van der Waals surface area contributed by atoms with Crippen LogP contribution < -0.4 is 5.32 Å². The highest BCUT2D eigenvalue weighted by Crippen LogP contribution is 2.36. The van der Waals surface area contributed by atoms with Crippen LogP contribution in [0, 0.1) is 0 Å². The molecule has 0 atom stereocenters. The van der Waals surface area contributed by atoms with Crippen LogP contribution in [0.5, 0.6) is 0 Å². The van der Waals surface area contributed by atoms with Gasteiger partial charge in [-0.2, -0.15) is 13.2 Å². The summed E-state index contributed by atoms with van der Waals surface area (Å²) < 4.78 is 44.2. The summed E-state index contributed by atoms with van der Waals surface area (Å²) >= 11 is 1.63. The van der Waals surface area contributed by atoms with Gasteiger partial charge in [0, 0.05) is 23.3 Å². The average molecular weight is 371 g/mol. The summed E-state index contributed by atoms with van der Waals surface area (Å²) in [5.41, 5.74) is 0.863. The van der Waals surface area contributed by atoms with Crippen molar-refractivity contribution >= 4 is 23.1 Å². The van der Waals surface area contributed by atoms with E-state index >= 15 is 0 Å². The number of rotatable bonds is 7. The lowest BCUT2D eigenvalue weighted by atomic mass is 10.00. The summed E-state index contributed by atoms with van der Waals surface area (Å²) in [6.07, 6.45) is -2.72. The molecule has 0 radical (unpaired) electrons. The van der Waals surface area contributed by atoms with Crippen LogP contribution in [0.2, 0.25) is 0 Å². The number of halogens is 3. The number of Topliss-reactive ketones (excluding diaryl/α,β-unsaturated/α-hetero) is 1. The molecule has 0 spiro atoms. The SMILES string of the molecule is CCOC=C1CC(NCSCC)=C(c2cccc(C(F)(F)F)c2)C1=O. The number of nitrogens with one attached hydrogen (secondary N) is 1. The van der Waals surface area contributed by atoms with Gasteiger partial charge in [0.2, 0.25) is 0 Å². The average Bonchev–Trinajstić information content (AvgIpc) is 2.88. The molecule has 7 heteroatoms. The summed E-state index contributed by atoms with van der Waals surface area (Å²) in [5, 5.41) is 3.17. The van der Waals surface area contributed by atoms with E-state index in [4.69, 9.17) is 4.74 Å². The number of allylic oxidation sites excluding steroid dienone is 2. The fourth-order valence-electron chi connectivity index (χ4n) is 2.48. The highest BCUT2D eigenvalue weighted by Gasteiger charge is 2.33. The number of hydrogen-bond acceptors (Lipinski definition) is 4. The van der Waals surface area contributed by atoms with E-state index in [9.17, 15) is 18.0 Å². The molecule has 0 heterocycles. The second kappa shape index (κ2) is 8.47. The number of carbonyl (C=O) groups excluding carboxylic acids is 1. The van der Waals surface area contributed by atoms with Crippen molar-refractivity contribution in [3.8, 4) is 0 Å². The van der Waals surface area contributed by atoms with Crippen LogP contribution in [-0.4, -0.2) is 24.0 Å². The Morgan fingerprint density at radius 2 is 2.08 bits per heavy atom. The minimum atomic E-state index is -4.45. The Bertz CT molecular complexity index is 696. The third-order valence-electron chi connectivity index (χ3n) is 3.65. The standard InChI is InChI=1S/C18H20F3NO2S/c1-3-24-10-13-9-15(22-11-25-4-2)16(17(13)23)12-6-5-7-14(8-12)18(19,20)21/h5-8,10,22H,3-4,9,11H2,1-2H3. The zero-order valence-electron chi connectivity index (χ0n) is 14.1. The van der Waals surface area contributed by atoms with E-state index in [2.05, 4.69) is 5.32 Å². The third-order valence-corrected chi connectivity index (χ3v) is 4.41. The molecule has 3 nitrogen and oxygen atoms in total. The van der Waals surface area contributed by atoms with Crippen molar-refractivity contribution in [1.29, 1.82) is 0 Å². The lowest BCUT2D eigenvalue weighted by Crippen LogP contribution is -2.13. The molecule has 0 fully saturated rings. The summed E-state index contributed by atoms with van der Waals surface area (Å²) in [5.74, 6) is 1.19. The highest BCUT2D eigenvalue weighted by atomic mass is 32.2. The van der Waals surface area contributed by atoms with Gasteiger partial charge < -0.3 is 10.1 Å². The highest BCUT2D eigenvalue weighted by molar-refractivity contribution is 7.99. The topological polar surface area (TPSA) is 38.3 Å². The zero-order chi connectivity index (χ0) is 18.4. The predicted octanol–water partition coefficient (Wildman–Crippen LogP) is 4.61. The van der Waals surface area contributed by atoms with Crippen molar-refractivity contribution in [2.75, 3.05) is 18.2 Å². The van der Waals surface area contributed by atoms with E-state index in [1.54, 1.807) is 18.7 Å². The van der Waals surface area contributed by atoms with E-state index in [-0.39, 0.29) is 16.9 Å². The second-order valence-electron chi connectivity index (χ2n) is 5.35. The molecule has 0 saturated heterocycles. The van der Waals surface area contributed by atoms with Gasteiger partial charge in [0.25, 0.3) is 0 Å². The van der Waals surface area contributed by atoms with Gasteiger partial charge in [0.05, 0.1) is 24.3 Å². The van der Waals surface area contributed by atoms with Crippen LogP contribution in [0.1, 0.15) is 31.4 Å². The van der Waals surface area contributed by atoms with E-state index in [0.717, 1.165) is 17.9 Å². The van der Waals surface area contributed by atoms with Crippen molar-refractivity contribution < 1.29 is 22.7 Å². The molecule has 0 aromatic heterocycles. The van der Waals surface area contributed by atoms with Crippen LogP contribution in [0.25, 0.3) is 5.57 Å². The minimum Gasteiger partial charge on any atom is -0.501 e. The lowest BCUT2D eigenvalue weighted by Gasteiger charge is -2.11. The van der Waals surface area contributed by atoms with Crippen LogP contribution in [0.3, 0.4) is 0 Å². The number of thioether (sulfide) groups is 1. The summed E-state index contributed by atoms with van der Waals surface area (Å²) in [6.45, 7) is 4.23. The fourth-order valence-corrected chi connectivity index (χ4v) is 2.96. The number of hydrogen-bond donors (Lipinski definition) is 1. The van der Waals surface area contributed by atoms with Crippen LogP contribution >= 0.6 is 11.8 Å². The van der Waals surface area contributed by atoms with Gasteiger partial charge in [-0.3, -0.25) is 4.79 Å². The molecule has 0 bridgehead atoms. The molecule has 1 aromatic carbocycles. The van der Waals surface area contributed by atoms with Gasteiger partial charge in [-0.05, 0) is 30.4 Å². The first-order chi connectivity index (χ1) is 11.9. The second-order valence-corrected chi connectivity index (χ2v) is 6.62. The van der Waals surface area contributed by atoms with E-state index in [1.165, 1.54) is 18.4 Å². The van der Waals surface area contributed by atoms with Crippen molar-refractivity contribution in [1.82, 2.24) is 5.32 Å². The summed E-state index contributed by atoms with van der Waals surface area (Å²) in [7, 11) is 0. The fraction of sp³-hybridized carbons (Fsp3) is 0.389. The smallest absolute Gasteiger partial charge is 0.416 e. The van der Waals surface area contributed by atoms with Crippen molar-refractivity contribution in [3.63, 3.8) is 0 Å². The van der Waals surface area contributed by atoms with Gasteiger partial charge in [0.1, 0.15) is 0 Å². The zero-order valence-corrected chi connectivity index (χ0v) is 14.9. The maximum absolute atomic E-state index is 13.0. The number of ether oxygens (including phenoxy) is 1. The normalized spacial score (nSPS) is 16.7. The Balaban J connectivity index is 2.40. The van der Waals surface area contributed by atoms with Crippen molar-refractivity contribution in [3.05, 3.63) is 52.9 Å². The molecular weight excluding hydrogens is 351 g/mol. The van der Waals surface area contributed by atoms with Gasteiger partial charge >= 0.3 is 6.18 Å². The molecule has 25 heavy (non-hydrogen) atoms. The number of carbonyl (C=O) groups is 1. The van der Waals surface area contributed by atoms with Crippen LogP contribution in [0.4, 0.5) is 13.2 Å². The van der Waals surface area contributed by atoms with E-state index in [0.29, 0.717) is 30.2 Å². The molecule has 0 amide bonds. The molecule has 1 N–H and O–H groups in total. The molecule has 0 aliphatic heterocycles. The molecular formula is C18H20F3NO2S. The number of alkyl halides is 3. The maximum atomic E-state index is 13.0. The Morgan fingerprint density at radius 1 is 1.32 bits per heavy atom. The van der Waals surface area contributed by atoms with Crippen molar-refractivity contribution in [2.24, 2.45) is 0 Å². The molecule has 1 aliphatic carbocycles. The van der Waals surface area contributed by atoms with Gasteiger partial charge in [-0.25, -0.2) is 0 Å². The molecule has 1 aromatic rings.